The minimum Gasteiger partial charge on any atom is -0.451 e. The van der Waals surface area contributed by atoms with Crippen LogP contribution < -0.4 is 5.32 Å². The molecule has 0 spiro atoms. The Morgan fingerprint density at radius 1 is 1.42 bits per heavy atom. The molecule has 2 saturated heterocycles. The molecule has 132 valence electrons. The lowest BCUT2D eigenvalue weighted by Crippen LogP contribution is -2.70. The fourth-order valence-electron chi connectivity index (χ4n) is 2.75. The van der Waals surface area contributed by atoms with Crippen molar-refractivity contribution in [3.63, 3.8) is 0 Å². The summed E-state index contributed by atoms with van der Waals surface area (Å²) in [7, 11) is 0. The predicted molar refractivity (Wildman–Crippen MR) is 89.0 cm³/mol. The number of rotatable bonds is 3. The summed E-state index contributed by atoms with van der Waals surface area (Å²) in [4.78, 5) is 38.0. The minimum absolute atomic E-state index is 0.137. The van der Waals surface area contributed by atoms with Crippen LogP contribution in [0.25, 0.3) is 0 Å². The summed E-state index contributed by atoms with van der Waals surface area (Å²) in [6.45, 7) is 8.80. The highest BCUT2D eigenvalue weighted by Gasteiger charge is 2.64. The molecular weight excluding hydrogens is 332 g/mol. The van der Waals surface area contributed by atoms with Crippen LogP contribution in [0.2, 0.25) is 0 Å². The number of fused-ring (bicyclic) bond motifs is 1. The largest absolute Gasteiger partial charge is 0.451 e. The van der Waals surface area contributed by atoms with E-state index in [1.54, 1.807) is 20.8 Å². The fraction of sp³-hybridized carbons (Fsp3) is 0.688. The van der Waals surface area contributed by atoms with Crippen LogP contribution in [0.15, 0.2) is 0 Å². The van der Waals surface area contributed by atoms with E-state index in [1.807, 2.05) is 13.8 Å². The molecule has 0 aromatic carbocycles. The number of hydrogen-bond donors (Lipinski definition) is 1. The average Bonchev–Trinajstić information content (AvgIpc) is 2.69. The maximum Gasteiger partial charge on any atom is 0.408 e. The highest BCUT2D eigenvalue weighted by molar-refractivity contribution is 8.01. The van der Waals surface area contributed by atoms with Crippen molar-refractivity contribution in [3.8, 4) is 12.3 Å². The lowest BCUT2D eigenvalue weighted by Gasteiger charge is -2.43. The van der Waals surface area contributed by atoms with Gasteiger partial charge in [-0.2, -0.15) is 0 Å². The fourth-order valence-corrected chi connectivity index (χ4v) is 4.37. The second kappa shape index (κ2) is 6.20. The van der Waals surface area contributed by atoms with Gasteiger partial charge in [-0.05, 0) is 34.6 Å². The van der Waals surface area contributed by atoms with E-state index in [0.717, 1.165) is 0 Å². The molecular formula is C16H22N2O5S. The Balaban J connectivity index is 2.07. The van der Waals surface area contributed by atoms with E-state index in [0.29, 0.717) is 0 Å². The Hall–Kier alpha value is -1.88. The molecule has 0 aliphatic carbocycles. The van der Waals surface area contributed by atoms with Crippen LogP contribution in [0.3, 0.4) is 0 Å². The highest BCUT2D eigenvalue weighted by Crippen LogP contribution is 2.51. The third-order valence-electron chi connectivity index (χ3n) is 3.63. The van der Waals surface area contributed by atoms with Crippen molar-refractivity contribution >= 4 is 29.7 Å². The smallest absolute Gasteiger partial charge is 0.408 e. The van der Waals surface area contributed by atoms with Gasteiger partial charge in [0, 0.05) is 4.75 Å². The lowest BCUT2D eigenvalue weighted by molar-refractivity contribution is -0.162. The lowest BCUT2D eigenvalue weighted by atomic mass is 9.96. The zero-order chi connectivity index (χ0) is 18.3. The van der Waals surface area contributed by atoms with E-state index in [-0.39, 0.29) is 17.9 Å². The van der Waals surface area contributed by atoms with E-state index >= 15 is 0 Å². The van der Waals surface area contributed by atoms with E-state index in [9.17, 15) is 14.4 Å². The minimum atomic E-state index is -0.731. The zero-order valence-electron chi connectivity index (χ0n) is 14.4. The van der Waals surface area contributed by atoms with Crippen molar-refractivity contribution in [2.75, 3.05) is 6.61 Å². The Labute approximate surface area is 145 Å². The van der Waals surface area contributed by atoms with Gasteiger partial charge in [-0.25, -0.2) is 9.59 Å². The number of thioether (sulfide) groups is 1. The average molecular weight is 354 g/mol. The summed E-state index contributed by atoms with van der Waals surface area (Å²) in [5, 5.41) is 2.25. The molecule has 2 aliphatic heterocycles. The quantitative estimate of drug-likeness (QED) is 0.464. The van der Waals surface area contributed by atoms with Gasteiger partial charge in [-0.1, -0.05) is 5.92 Å². The molecule has 1 N–H and O–H groups in total. The standard InChI is InChI=1S/C16H22N2O5S/c1-7-8-22-13(20)10-16(5,6)24-12-9(11(19)18(10)12)17-14(21)23-15(2,3)4/h1,9-10,12H,8H2,2-6H3,(H,17,21)/t9-,10?,12-/m1/s1. The van der Waals surface area contributed by atoms with Crippen molar-refractivity contribution in [1.29, 1.82) is 0 Å². The number of nitrogens with zero attached hydrogens (tertiary/aromatic N) is 1. The van der Waals surface area contributed by atoms with Gasteiger partial charge < -0.3 is 19.7 Å². The molecule has 0 saturated carbocycles. The van der Waals surface area contributed by atoms with E-state index in [1.165, 1.54) is 16.7 Å². The number of terminal acetylenes is 1. The van der Waals surface area contributed by atoms with Gasteiger partial charge >= 0.3 is 12.1 Å². The topological polar surface area (TPSA) is 84.9 Å². The molecule has 2 aliphatic rings. The van der Waals surface area contributed by atoms with Crippen LogP contribution in [-0.2, 0) is 19.1 Å². The van der Waals surface area contributed by atoms with Gasteiger partial charge in [0.1, 0.15) is 23.1 Å². The van der Waals surface area contributed by atoms with Gasteiger partial charge in [0.2, 0.25) is 5.91 Å². The van der Waals surface area contributed by atoms with Crippen LogP contribution in [0.1, 0.15) is 34.6 Å². The molecule has 2 fully saturated rings. The Morgan fingerprint density at radius 3 is 2.58 bits per heavy atom. The number of alkyl carbamates (subject to hydrolysis) is 1. The Kier molecular flexibility index (Phi) is 4.77. The molecule has 2 rings (SSSR count). The second-order valence-corrected chi connectivity index (χ2v) is 8.97. The Bertz CT molecular complexity index is 605. The Morgan fingerprint density at radius 2 is 2.04 bits per heavy atom. The molecule has 7 nitrogen and oxygen atoms in total. The molecule has 1 unspecified atom stereocenters. The number of nitrogens with one attached hydrogen (secondary N) is 1. The summed E-state index contributed by atoms with van der Waals surface area (Å²) >= 11 is 1.44. The van der Waals surface area contributed by atoms with Gasteiger partial charge in [-0.15, -0.1) is 18.2 Å². The van der Waals surface area contributed by atoms with Gasteiger partial charge in [-0.3, -0.25) is 4.79 Å². The first kappa shape index (κ1) is 18.5. The van der Waals surface area contributed by atoms with E-state index in [4.69, 9.17) is 15.9 Å². The zero-order valence-corrected chi connectivity index (χ0v) is 15.2. The normalized spacial score (nSPS) is 27.6. The molecule has 0 aromatic rings. The number of hydrogen-bond acceptors (Lipinski definition) is 6. The maximum atomic E-state index is 12.4. The number of β-lactam (4-membered cyclic amide) rings is 1. The first-order chi connectivity index (χ1) is 11.0. The van der Waals surface area contributed by atoms with Gasteiger partial charge in [0.25, 0.3) is 0 Å². The van der Waals surface area contributed by atoms with E-state index in [2.05, 4.69) is 11.2 Å². The van der Waals surface area contributed by atoms with Gasteiger partial charge in [0.05, 0.1) is 0 Å². The predicted octanol–water partition coefficient (Wildman–Crippen LogP) is 1.12. The summed E-state index contributed by atoms with van der Waals surface area (Å²) in [6, 6.07) is -1.44. The first-order valence-electron chi connectivity index (χ1n) is 7.57. The van der Waals surface area contributed by atoms with Crippen LogP contribution in [-0.4, -0.2) is 57.3 Å². The number of carbonyl (C=O) groups is 3. The first-order valence-corrected chi connectivity index (χ1v) is 8.45. The summed E-state index contributed by atoms with van der Waals surface area (Å²) in [5.74, 6) is 1.38. The molecule has 8 heteroatoms. The molecule has 3 atom stereocenters. The number of ether oxygens (including phenoxy) is 2. The third kappa shape index (κ3) is 3.46. The van der Waals surface area contributed by atoms with Crippen LogP contribution in [0, 0.1) is 12.3 Å². The SMILES string of the molecule is C#CCOC(=O)C1N2C(=O)[C@@H](NC(=O)OC(C)(C)C)[C@H]2SC1(C)C. The summed E-state index contributed by atoms with van der Waals surface area (Å²) in [6.07, 6.45) is 4.44. The molecule has 0 aromatic heterocycles. The van der Waals surface area contributed by atoms with Crippen LogP contribution in [0.5, 0.6) is 0 Å². The summed E-state index contributed by atoms with van der Waals surface area (Å²) < 4.78 is 9.63. The molecule has 0 bridgehead atoms. The van der Waals surface area contributed by atoms with Crippen molar-refractivity contribution in [2.45, 2.75) is 62.4 Å². The van der Waals surface area contributed by atoms with Crippen LogP contribution in [0.4, 0.5) is 4.79 Å². The molecule has 2 heterocycles. The molecule has 0 radical (unpaired) electrons. The number of esters is 1. The molecule has 2 amide bonds. The number of carbonyl (C=O) groups excluding carboxylic acids is 3. The number of amides is 2. The van der Waals surface area contributed by atoms with Crippen molar-refractivity contribution in [2.24, 2.45) is 0 Å². The highest BCUT2D eigenvalue weighted by atomic mass is 32.2. The molecule has 24 heavy (non-hydrogen) atoms. The van der Waals surface area contributed by atoms with E-state index < -0.39 is 34.5 Å². The second-order valence-electron chi connectivity index (χ2n) is 7.20. The monoisotopic (exact) mass is 354 g/mol. The van der Waals surface area contributed by atoms with Crippen molar-refractivity contribution in [3.05, 3.63) is 0 Å². The summed E-state index contributed by atoms with van der Waals surface area (Å²) in [5.41, 5.74) is -0.653. The maximum absolute atomic E-state index is 12.4. The third-order valence-corrected chi connectivity index (χ3v) is 5.21. The van der Waals surface area contributed by atoms with Crippen LogP contribution >= 0.6 is 11.8 Å². The van der Waals surface area contributed by atoms with Crippen molar-refractivity contribution in [1.82, 2.24) is 10.2 Å². The van der Waals surface area contributed by atoms with Crippen molar-refractivity contribution < 1.29 is 23.9 Å². The van der Waals surface area contributed by atoms with Gasteiger partial charge in [0.15, 0.2) is 6.61 Å².